The number of hydrogen-bond donors (Lipinski definition) is 1. The highest BCUT2D eigenvalue weighted by atomic mass is 32.2. The number of fused-ring (bicyclic) bond motifs is 1. The molecule has 3 rings (SSSR count). The molecule has 0 radical (unpaired) electrons. The molecule has 0 bridgehead atoms. The summed E-state index contributed by atoms with van der Waals surface area (Å²) in [5.74, 6) is 1.66. The van der Waals surface area contributed by atoms with Crippen LogP contribution in [-0.2, 0) is 11.2 Å². The van der Waals surface area contributed by atoms with Crippen molar-refractivity contribution < 1.29 is 9.84 Å². The van der Waals surface area contributed by atoms with Crippen LogP contribution in [0, 0.1) is 11.3 Å². The van der Waals surface area contributed by atoms with Crippen molar-refractivity contribution in [3.63, 3.8) is 0 Å². The molecule has 2 aliphatic rings. The SMILES string of the molecule is COC1=Cc2c(C#N)cn(C3=CC=C(O)CS3)c2CC=C1. The van der Waals surface area contributed by atoms with E-state index < -0.39 is 0 Å². The molecule has 0 unspecified atom stereocenters. The lowest BCUT2D eigenvalue weighted by atomic mass is 10.1. The standard InChI is InChI=1S/C16H14N2O2S/c1-20-13-3-2-4-15-14(7-13)11(8-17)9-18(15)16-6-5-12(19)10-21-16/h2-3,5-7,9,19H,4,10H2,1H3. The van der Waals surface area contributed by atoms with E-state index in [-0.39, 0.29) is 0 Å². The van der Waals surface area contributed by atoms with Crippen LogP contribution in [0.15, 0.2) is 42.0 Å². The van der Waals surface area contributed by atoms with Crippen molar-refractivity contribution >= 4 is 22.9 Å². The zero-order chi connectivity index (χ0) is 14.8. The monoisotopic (exact) mass is 298 g/mol. The molecular weight excluding hydrogens is 284 g/mol. The fraction of sp³-hybridized carbons (Fsp3) is 0.188. The normalized spacial score (nSPS) is 17.0. The van der Waals surface area contributed by atoms with E-state index in [4.69, 9.17) is 4.74 Å². The van der Waals surface area contributed by atoms with Crippen molar-refractivity contribution in [3.8, 4) is 6.07 Å². The zero-order valence-corrected chi connectivity index (χ0v) is 12.4. The first-order valence-corrected chi connectivity index (χ1v) is 7.51. The number of ether oxygens (including phenoxy) is 1. The van der Waals surface area contributed by atoms with Crippen molar-refractivity contribution in [3.05, 3.63) is 58.8 Å². The summed E-state index contributed by atoms with van der Waals surface area (Å²) >= 11 is 1.55. The Kier molecular flexibility index (Phi) is 3.63. The third kappa shape index (κ3) is 2.50. The van der Waals surface area contributed by atoms with Crippen molar-refractivity contribution in [1.29, 1.82) is 5.26 Å². The Labute approximate surface area is 127 Å². The summed E-state index contributed by atoms with van der Waals surface area (Å²) in [7, 11) is 1.62. The molecule has 0 aromatic carbocycles. The largest absolute Gasteiger partial charge is 0.511 e. The first-order valence-electron chi connectivity index (χ1n) is 6.52. The third-order valence-corrected chi connectivity index (χ3v) is 4.48. The van der Waals surface area contributed by atoms with Crippen LogP contribution in [0.3, 0.4) is 0 Å². The first-order chi connectivity index (χ1) is 10.2. The van der Waals surface area contributed by atoms with Gasteiger partial charge < -0.3 is 14.4 Å². The summed E-state index contributed by atoms with van der Waals surface area (Å²) in [4.78, 5) is 0. The summed E-state index contributed by atoms with van der Waals surface area (Å²) in [6.45, 7) is 0. The molecule has 1 aliphatic carbocycles. The van der Waals surface area contributed by atoms with Crippen LogP contribution >= 0.6 is 11.8 Å². The molecule has 0 saturated heterocycles. The number of nitrogens with zero attached hydrogens (tertiary/aromatic N) is 2. The van der Waals surface area contributed by atoms with Crippen molar-refractivity contribution in [2.75, 3.05) is 12.9 Å². The summed E-state index contributed by atoms with van der Waals surface area (Å²) in [5, 5.41) is 19.8. The van der Waals surface area contributed by atoms with Crippen LogP contribution in [0.5, 0.6) is 0 Å². The lowest BCUT2D eigenvalue weighted by molar-refractivity contribution is 0.310. The number of rotatable bonds is 2. The number of methoxy groups -OCH3 is 1. The molecule has 0 amide bonds. The molecule has 1 N–H and O–H groups in total. The third-order valence-electron chi connectivity index (χ3n) is 3.41. The Morgan fingerprint density at radius 2 is 2.29 bits per heavy atom. The number of aliphatic hydroxyl groups excluding tert-OH is 1. The molecule has 1 aliphatic heterocycles. The minimum atomic E-state index is 0.365. The summed E-state index contributed by atoms with van der Waals surface area (Å²) in [6, 6.07) is 2.25. The molecule has 0 spiro atoms. The highest BCUT2D eigenvalue weighted by Gasteiger charge is 2.19. The summed E-state index contributed by atoms with van der Waals surface area (Å²) < 4.78 is 7.32. The minimum Gasteiger partial charge on any atom is -0.511 e. The van der Waals surface area contributed by atoms with Gasteiger partial charge >= 0.3 is 0 Å². The van der Waals surface area contributed by atoms with Crippen LogP contribution in [0.2, 0.25) is 0 Å². The average Bonchev–Trinajstić information content (AvgIpc) is 2.71. The van der Waals surface area contributed by atoms with E-state index in [9.17, 15) is 10.4 Å². The summed E-state index contributed by atoms with van der Waals surface area (Å²) in [5.41, 5.74) is 2.59. The second-order valence-corrected chi connectivity index (χ2v) is 5.69. The predicted molar refractivity (Wildman–Crippen MR) is 84.4 cm³/mol. The number of allylic oxidation sites excluding steroid dienone is 4. The molecule has 0 fully saturated rings. The fourth-order valence-electron chi connectivity index (χ4n) is 2.38. The van der Waals surface area contributed by atoms with Crippen molar-refractivity contribution in [2.45, 2.75) is 6.42 Å². The van der Waals surface area contributed by atoms with E-state index in [1.165, 1.54) is 0 Å². The van der Waals surface area contributed by atoms with Crippen LogP contribution in [-0.4, -0.2) is 22.5 Å². The summed E-state index contributed by atoms with van der Waals surface area (Å²) in [6.07, 6.45) is 12.0. The van der Waals surface area contributed by atoms with Crippen LogP contribution < -0.4 is 0 Å². The molecule has 0 atom stereocenters. The van der Waals surface area contributed by atoms with Gasteiger partial charge in [-0.3, -0.25) is 0 Å². The Bertz CT molecular complexity index is 745. The van der Waals surface area contributed by atoms with Gasteiger partial charge in [0.25, 0.3) is 0 Å². The molecule has 106 valence electrons. The molecule has 2 heterocycles. The Balaban J connectivity index is 2.14. The van der Waals surface area contributed by atoms with Crippen LogP contribution in [0.1, 0.15) is 16.8 Å². The second-order valence-electron chi connectivity index (χ2n) is 4.69. The van der Waals surface area contributed by atoms with Gasteiger partial charge in [-0.25, -0.2) is 0 Å². The topological polar surface area (TPSA) is 58.2 Å². The maximum absolute atomic E-state index is 9.47. The maximum atomic E-state index is 9.47. The van der Waals surface area contributed by atoms with E-state index in [1.54, 1.807) is 24.9 Å². The van der Waals surface area contributed by atoms with E-state index in [0.29, 0.717) is 17.1 Å². The smallest absolute Gasteiger partial charge is 0.119 e. The van der Waals surface area contributed by atoms with Gasteiger partial charge in [0.2, 0.25) is 0 Å². The van der Waals surface area contributed by atoms with Gasteiger partial charge in [0.15, 0.2) is 0 Å². The van der Waals surface area contributed by atoms with Crippen LogP contribution in [0.4, 0.5) is 0 Å². The van der Waals surface area contributed by atoms with E-state index in [1.807, 2.05) is 35.1 Å². The Hall–Kier alpha value is -2.32. The maximum Gasteiger partial charge on any atom is 0.119 e. The number of thioether (sulfide) groups is 1. The predicted octanol–water partition coefficient (Wildman–Crippen LogP) is 3.45. The van der Waals surface area contributed by atoms with Crippen LogP contribution in [0.25, 0.3) is 11.1 Å². The molecule has 21 heavy (non-hydrogen) atoms. The van der Waals surface area contributed by atoms with Gasteiger partial charge in [0.05, 0.1) is 23.5 Å². The van der Waals surface area contributed by atoms with Gasteiger partial charge in [-0.05, 0) is 24.3 Å². The minimum absolute atomic E-state index is 0.365. The lowest BCUT2D eigenvalue weighted by Gasteiger charge is -2.14. The van der Waals surface area contributed by atoms with E-state index in [0.717, 1.165) is 28.5 Å². The Morgan fingerprint density at radius 3 is 2.95 bits per heavy atom. The van der Waals surface area contributed by atoms with E-state index >= 15 is 0 Å². The lowest BCUT2D eigenvalue weighted by Crippen LogP contribution is -2.02. The number of hydrogen-bond acceptors (Lipinski definition) is 4. The number of aromatic nitrogens is 1. The average molecular weight is 298 g/mol. The highest BCUT2D eigenvalue weighted by molar-refractivity contribution is 8.08. The zero-order valence-electron chi connectivity index (χ0n) is 11.5. The molecule has 4 nitrogen and oxygen atoms in total. The van der Waals surface area contributed by atoms with Gasteiger partial charge in [-0.15, -0.1) is 0 Å². The van der Waals surface area contributed by atoms with Gasteiger partial charge in [-0.2, -0.15) is 5.26 Å². The first kappa shape index (κ1) is 13.7. The Morgan fingerprint density at radius 1 is 1.43 bits per heavy atom. The van der Waals surface area contributed by atoms with Crippen molar-refractivity contribution in [1.82, 2.24) is 4.57 Å². The van der Waals surface area contributed by atoms with Gasteiger partial charge in [0, 0.05) is 23.9 Å². The second kappa shape index (κ2) is 5.58. The fourth-order valence-corrected chi connectivity index (χ4v) is 3.24. The molecule has 1 aromatic rings. The molecule has 5 heteroatoms. The molecule has 1 aromatic heterocycles. The molecule has 0 saturated carbocycles. The van der Waals surface area contributed by atoms with Crippen molar-refractivity contribution in [2.24, 2.45) is 0 Å². The van der Waals surface area contributed by atoms with Gasteiger partial charge in [0.1, 0.15) is 17.6 Å². The molecular formula is C16H14N2O2S. The number of nitriles is 1. The van der Waals surface area contributed by atoms with E-state index in [2.05, 4.69) is 6.07 Å². The number of aliphatic hydroxyl groups is 1. The highest BCUT2D eigenvalue weighted by Crippen LogP contribution is 2.33. The van der Waals surface area contributed by atoms with Gasteiger partial charge in [-0.1, -0.05) is 17.8 Å². The quantitative estimate of drug-likeness (QED) is 0.908.